The largest absolute Gasteiger partial charge is 0.345 e. The highest BCUT2D eigenvalue weighted by Gasteiger charge is 2.28. The zero-order chi connectivity index (χ0) is 14.0. The topological polar surface area (TPSA) is 20.3 Å². The highest BCUT2D eigenvalue weighted by Crippen LogP contribution is 2.33. The number of rotatable bonds is 4. The molecule has 0 aromatic heterocycles. The second-order valence-electron chi connectivity index (χ2n) is 5.80. The summed E-state index contributed by atoms with van der Waals surface area (Å²) in [7, 11) is 1.92. The fraction of sp³-hybridized carbons (Fsp3) is 0.562. The minimum absolute atomic E-state index is 0.223. The van der Waals surface area contributed by atoms with Gasteiger partial charge in [0.25, 0.3) is 0 Å². The van der Waals surface area contributed by atoms with Crippen molar-refractivity contribution in [1.29, 1.82) is 0 Å². The van der Waals surface area contributed by atoms with E-state index in [2.05, 4.69) is 48.0 Å². The number of benzene rings is 1. The smallest absolute Gasteiger partial charge is 0.226 e. The number of hydrogen-bond donors (Lipinski definition) is 0. The first kappa shape index (κ1) is 14.6. The van der Waals surface area contributed by atoms with Crippen molar-refractivity contribution in [3.63, 3.8) is 0 Å². The van der Waals surface area contributed by atoms with Crippen LogP contribution in [0.4, 0.5) is 0 Å². The molecule has 0 N–H and O–H groups in total. The Hall–Kier alpha value is -0.830. The standard InChI is InChI=1S/C16H22BrNO/c1-11-4-5-13(6-12(11)2)9-16(19)18(3)10-14-7-15(17)8-14/h4-6,14-15H,7-10H2,1-3H3. The molecule has 3 heteroatoms. The summed E-state index contributed by atoms with van der Waals surface area (Å²) >= 11 is 3.59. The van der Waals surface area contributed by atoms with Crippen molar-refractivity contribution in [3.8, 4) is 0 Å². The van der Waals surface area contributed by atoms with Gasteiger partial charge in [0.2, 0.25) is 5.91 Å². The van der Waals surface area contributed by atoms with E-state index in [4.69, 9.17) is 0 Å². The summed E-state index contributed by atoms with van der Waals surface area (Å²) in [5, 5.41) is 0. The Morgan fingerprint density at radius 1 is 1.32 bits per heavy atom. The Bertz CT molecular complexity index is 466. The van der Waals surface area contributed by atoms with Gasteiger partial charge in [-0.3, -0.25) is 4.79 Å². The monoisotopic (exact) mass is 323 g/mol. The van der Waals surface area contributed by atoms with Crippen LogP contribution in [-0.4, -0.2) is 29.2 Å². The second-order valence-corrected chi connectivity index (χ2v) is 7.10. The first-order chi connectivity index (χ1) is 8.95. The third-order valence-electron chi connectivity index (χ3n) is 4.06. The third kappa shape index (κ3) is 3.82. The molecule has 1 aromatic carbocycles. The van der Waals surface area contributed by atoms with E-state index in [0.717, 1.165) is 12.1 Å². The summed E-state index contributed by atoms with van der Waals surface area (Å²) in [5.74, 6) is 0.902. The van der Waals surface area contributed by atoms with Crippen LogP contribution >= 0.6 is 15.9 Å². The van der Waals surface area contributed by atoms with Crippen LogP contribution in [0.5, 0.6) is 0 Å². The van der Waals surface area contributed by atoms with Gasteiger partial charge in [0, 0.05) is 18.4 Å². The normalized spacial score (nSPS) is 21.9. The second kappa shape index (κ2) is 6.08. The Kier molecular flexibility index (Phi) is 4.67. The van der Waals surface area contributed by atoms with E-state index in [1.165, 1.54) is 24.0 Å². The van der Waals surface area contributed by atoms with E-state index in [1.54, 1.807) is 0 Å². The molecule has 0 atom stereocenters. The van der Waals surface area contributed by atoms with Gasteiger partial charge in [-0.2, -0.15) is 0 Å². The summed E-state index contributed by atoms with van der Waals surface area (Å²) in [6.45, 7) is 5.09. The number of hydrogen-bond acceptors (Lipinski definition) is 1. The molecule has 0 unspecified atom stereocenters. The van der Waals surface area contributed by atoms with Gasteiger partial charge in [-0.05, 0) is 49.3 Å². The number of alkyl halides is 1. The van der Waals surface area contributed by atoms with Crippen LogP contribution in [-0.2, 0) is 11.2 Å². The van der Waals surface area contributed by atoms with E-state index in [0.29, 0.717) is 17.2 Å². The number of nitrogens with zero attached hydrogens (tertiary/aromatic N) is 1. The first-order valence-electron chi connectivity index (χ1n) is 6.90. The van der Waals surface area contributed by atoms with Crippen molar-refractivity contribution in [1.82, 2.24) is 4.90 Å². The molecule has 2 nitrogen and oxygen atoms in total. The molecule has 19 heavy (non-hydrogen) atoms. The third-order valence-corrected chi connectivity index (χ3v) is 4.81. The van der Waals surface area contributed by atoms with Crippen molar-refractivity contribution in [2.45, 2.75) is 37.9 Å². The maximum Gasteiger partial charge on any atom is 0.226 e. The number of carbonyl (C=O) groups excluding carboxylic acids is 1. The lowest BCUT2D eigenvalue weighted by Crippen LogP contribution is -2.38. The molecule has 1 amide bonds. The average Bonchev–Trinajstić information content (AvgIpc) is 2.31. The van der Waals surface area contributed by atoms with Crippen LogP contribution in [0.1, 0.15) is 29.5 Å². The Labute approximate surface area is 124 Å². The highest BCUT2D eigenvalue weighted by molar-refractivity contribution is 9.09. The van der Waals surface area contributed by atoms with Gasteiger partial charge in [0.15, 0.2) is 0 Å². The summed E-state index contributed by atoms with van der Waals surface area (Å²) in [4.78, 5) is 14.7. The minimum Gasteiger partial charge on any atom is -0.345 e. The van der Waals surface area contributed by atoms with E-state index in [1.807, 2.05) is 11.9 Å². The van der Waals surface area contributed by atoms with Gasteiger partial charge in [-0.1, -0.05) is 34.1 Å². The van der Waals surface area contributed by atoms with Crippen LogP contribution in [0.3, 0.4) is 0 Å². The van der Waals surface area contributed by atoms with Crippen molar-refractivity contribution in [2.24, 2.45) is 5.92 Å². The molecule has 0 saturated heterocycles. The molecule has 104 valence electrons. The molecule has 0 spiro atoms. The minimum atomic E-state index is 0.223. The van der Waals surface area contributed by atoms with Gasteiger partial charge in [0.1, 0.15) is 0 Å². The Morgan fingerprint density at radius 2 is 2.00 bits per heavy atom. The maximum absolute atomic E-state index is 12.2. The van der Waals surface area contributed by atoms with E-state index in [9.17, 15) is 4.79 Å². The van der Waals surface area contributed by atoms with E-state index >= 15 is 0 Å². The van der Waals surface area contributed by atoms with Crippen molar-refractivity contribution < 1.29 is 4.79 Å². The molecule has 2 rings (SSSR count). The van der Waals surface area contributed by atoms with E-state index in [-0.39, 0.29) is 5.91 Å². The van der Waals surface area contributed by atoms with Crippen LogP contribution < -0.4 is 0 Å². The Morgan fingerprint density at radius 3 is 2.58 bits per heavy atom. The molecule has 1 fully saturated rings. The maximum atomic E-state index is 12.2. The zero-order valence-electron chi connectivity index (χ0n) is 11.9. The molecule has 1 saturated carbocycles. The molecule has 0 radical (unpaired) electrons. The average molecular weight is 324 g/mol. The number of aryl methyl sites for hydroxylation is 2. The summed E-state index contributed by atoms with van der Waals surface area (Å²) < 4.78 is 0. The van der Waals surface area contributed by atoms with Crippen LogP contribution in [0.25, 0.3) is 0 Å². The van der Waals surface area contributed by atoms with Gasteiger partial charge < -0.3 is 4.90 Å². The lowest BCUT2D eigenvalue weighted by Gasteiger charge is -2.34. The van der Waals surface area contributed by atoms with Gasteiger partial charge >= 0.3 is 0 Å². The predicted octanol–water partition coefficient (Wildman–Crippen LogP) is 3.48. The number of carbonyl (C=O) groups is 1. The fourth-order valence-electron chi connectivity index (χ4n) is 2.52. The van der Waals surface area contributed by atoms with E-state index < -0.39 is 0 Å². The molecule has 0 heterocycles. The molecule has 1 aliphatic rings. The quantitative estimate of drug-likeness (QED) is 0.777. The van der Waals surface area contributed by atoms with Crippen molar-refractivity contribution in [3.05, 3.63) is 34.9 Å². The number of halogens is 1. The SMILES string of the molecule is Cc1ccc(CC(=O)N(C)CC2CC(Br)C2)cc1C. The van der Waals surface area contributed by atoms with Gasteiger partial charge in [-0.25, -0.2) is 0 Å². The summed E-state index contributed by atoms with van der Waals surface area (Å²) in [6.07, 6.45) is 2.91. The number of likely N-dealkylation sites (N-methyl/N-ethyl adjacent to an activating group) is 1. The highest BCUT2D eigenvalue weighted by atomic mass is 79.9. The lowest BCUT2D eigenvalue weighted by molar-refractivity contribution is -0.130. The predicted molar refractivity (Wildman–Crippen MR) is 82.7 cm³/mol. The Balaban J connectivity index is 1.87. The summed E-state index contributed by atoms with van der Waals surface area (Å²) in [6, 6.07) is 6.28. The van der Waals surface area contributed by atoms with Crippen molar-refractivity contribution in [2.75, 3.05) is 13.6 Å². The fourth-order valence-corrected chi connectivity index (χ4v) is 3.57. The lowest BCUT2D eigenvalue weighted by atomic mass is 9.85. The summed E-state index contributed by atoms with van der Waals surface area (Å²) in [5.41, 5.74) is 3.66. The molecule has 1 aromatic rings. The molecular formula is C16H22BrNO. The first-order valence-corrected chi connectivity index (χ1v) is 7.81. The van der Waals surface area contributed by atoms with Crippen LogP contribution in [0.15, 0.2) is 18.2 Å². The van der Waals surface area contributed by atoms with Crippen LogP contribution in [0.2, 0.25) is 0 Å². The molecule has 1 aliphatic carbocycles. The van der Waals surface area contributed by atoms with Crippen LogP contribution in [0, 0.1) is 19.8 Å². The molecule has 0 aliphatic heterocycles. The van der Waals surface area contributed by atoms with Gasteiger partial charge in [-0.15, -0.1) is 0 Å². The van der Waals surface area contributed by atoms with Gasteiger partial charge in [0.05, 0.1) is 6.42 Å². The number of amides is 1. The molecular weight excluding hydrogens is 302 g/mol. The zero-order valence-corrected chi connectivity index (χ0v) is 13.5. The molecule has 0 bridgehead atoms. The van der Waals surface area contributed by atoms with Crippen molar-refractivity contribution >= 4 is 21.8 Å².